The van der Waals surface area contributed by atoms with Gasteiger partial charge in [0.05, 0.1) is 12.8 Å². The van der Waals surface area contributed by atoms with Crippen LogP contribution in [0, 0.1) is 5.82 Å². The molecule has 0 atom stereocenters. The van der Waals surface area contributed by atoms with Crippen LogP contribution in [0.2, 0.25) is 0 Å². The number of benzene rings is 2. The van der Waals surface area contributed by atoms with Crippen molar-refractivity contribution in [3.63, 3.8) is 0 Å². The molecule has 0 saturated heterocycles. The van der Waals surface area contributed by atoms with E-state index in [1.54, 1.807) is 25.6 Å². The Bertz CT molecular complexity index is 1020. The summed E-state index contributed by atoms with van der Waals surface area (Å²) in [6, 6.07) is 16.9. The van der Waals surface area contributed by atoms with Crippen LogP contribution in [0.3, 0.4) is 0 Å². The lowest BCUT2D eigenvalue weighted by molar-refractivity contribution is 0.415. The highest BCUT2D eigenvalue weighted by Crippen LogP contribution is 2.27. The minimum absolute atomic E-state index is 0.239. The topological polar surface area (TPSA) is 34.5 Å². The lowest BCUT2D eigenvalue weighted by atomic mass is 9.94. The smallest absolute Gasteiger partial charge is 0.131 e. The average molecular weight is 372 g/mol. The summed E-state index contributed by atoms with van der Waals surface area (Å²) in [6.45, 7) is 0.792. The Balaban J connectivity index is 1.65. The first-order valence-corrected chi connectivity index (χ1v) is 9.34. The summed E-state index contributed by atoms with van der Waals surface area (Å²) >= 11 is 0. The molecule has 28 heavy (non-hydrogen) atoms. The van der Waals surface area contributed by atoms with Gasteiger partial charge in [0.25, 0.3) is 0 Å². The van der Waals surface area contributed by atoms with Crippen molar-refractivity contribution in [1.82, 2.24) is 4.98 Å². The Kier molecular flexibility index (Phi) is 5.29. The first-order chi connectivity index (χ1) is 13.7. The second kappa shape index (κ2) is 8.17. The van der Waals surface area contributed by atoms with E-state index in [-0.39, 0.29) is 5.82 Å². The number of nitrogens with zero attached hydrogens (tertiary/aromatic N) is 2. The molecule has 0 saturated carbocycles. The van der Waals surface area contributed by atoms with Gasteiger partial charge in [0.2, 0.25) is 0 Å². The van der Waals surface area contributed by atoms with Gasteiger partial charge in [-0.2, -0.15) is 0 Å². The number of aliphatic imine (C=N–C) groups is 1. The third-order valence-corrected chi connectivity index (χ3v) is 4.87. The zero-order valence-corrected chi connectivity index (χ0v) is 15.7. The van der Waals surface area contributed by atoms with Gasteiger partial charge in [0, 0.05) is 30.1 Å². The Morgan fingerprint density at radius 2 is 1.82 bits per heavy atom. The monoisotopic (exact) mass is 372 g/mol. The minimum Gasteiger partial charge on any atom is -0.497 e. The summed E-state index contributed by atoms with van der Waals surface area (Å²) in [7, 11) is 1.63. The van der Waals surface area contributed by atoms with Gasteiger partial charge in [-0.25, -0.2) is 4.39 Å². The van der Waals surface area contributed by atoms with Crippen molar-refractivity contribution in [3.8, 4) is 16.9 Å². The van der Waals surface area contributed by atoms with Crippen molar-refractivity contribution in [2.45, 2.75) is 12.8 Å². The predicted octanol–water partition coefficient (Wildman–Crippen LogP) is 5.56. The Morgan fingerprint density at radius 1 is 1.00 bits per heavy atom. The van der Waals surface area contributed by atoms with Crippen molar-refractivity contribution in [2.24, 2.45) is 4.99 Å². The first kappa shape index (κ1) is 18.1. The SMILES string of the molecule is COc1ccc(-c2ccc(/C=C3\CCCN=C3c3cccnc3)c(F)c2)cc1. The molecule has 4 rings (SSSR count). The molecule has 1 aliphatic rings. The number of halogens is 1. The summed E-state index contributed by atoms with van der Waals surface area (Å²) in [5, 5.41) is 0. The van der Waals surface area contributed by atoms with Crippen LogP contribution in [-0.4, -0.2) is 24.4 Å². The molecule has 3 nitrogen and oxygen atoms in total. The maximum absolute atomic E-state index is 14.8. The van der Waals surface area contributed by atoms with Crippen LogP contribution < -0.4 is 4.74 Å². The Labute approximate surface area is 164 Å². The molecule has 3 aromatic rings. The molecule has 0 aliphatic carbocycles. The van der Waals surface area contributed by atoms with E-state index in [1.807, 2.05) is 54.6 Å². The number of ether oxygens (including phenoxy) is 1. The van der Waals surface area contributed by atoms with E-state index in [0.29, 0.717) is 5.56 Å². The molecule has 140 valence electrons. The molecule has 2 heterocycles. The number of aromatic nitrogens is 1. The number of pyridine rings is 1. The van der Waals surface area contributed by atoms with Crippen molar-refractivity contribution >= 4 is 11.8 Å². The summed E-state index contributed by atoms with van der Waals surface area (Å²) in [5.74, 6) is 0.544. The number of hydrogen-bond acceptors (Lipinski definition) is 3. The molecule has 0 radical (unpaired) electrons. The minimum atomic E-state index is -0.239. The number of allylic oxidation sites excluding steroid dienone is 1. The fourth-order valence-electron chi connectivity index (χ4n) is 3.40. The maximum Gasteiger partial charge on any atom is 0.131 e. The molecule has 1 aromatic heterocycles. The van der Waals surface area contributed by atoms with Crippen LogP contribution in [-0.2, 0) is 0 Å². The van der Waals surface area contributed by atoms with Gasteiger partial charge in [-0.3, -0.25) is 9.98 Å². The van der Waals surface area contributed by atoms with Gasteiger partial charge < -0.3 is 4.74 Å². The second-order valence-corrected chi connectivity index (χ2v) is 6.71. The third kappa shape index (κ3) is 3.86. The van der Waals surface area contributed by atoms with Gasteiger partial charge in [-0.1, -0.05) is 24.3 Å². The average Bonchev–Trinajstić information content (AvgIpc) is 2.76. The summed E-state index contributed by atoms with van der Waals surface area (Å²) in [5.41, 5.74) is 5.31. The molecule has 4 heteroatoms. The highest BCUT2D eigenvalue weighted by molar-refractivity contribution is 6.15. The van der Waals surface area contributed by atoms with Crippen LogP contribution in [0.4, 0.5) is 4.39 Å². The van der Waals surface area contributed by atoms with Crippen molar-refractivity contribution < 1.29 is 9.13 Å². The van der Waals surface area contributed by atoms with Gasteiger partial charge >= 0.3 is 0 Å². The Morgan fingerprint density at radius 3 is 2.54 bits per heavy atom. The standard InChI is InChI=1S/C24H21FN2O/c1-28-22-10-8-17(9-11-22)18-6-7-19(23(25)15-18)14-20-4-3-13-27-24(20)21-5-2-12-26-16-21/h2,5-12,14-16H,3-4,13H2,1H3/b20-14+. The van der Waals surface area contributed by atoms with E-state index in [2.05, 4.69) is 9.98 Å². The molecule has 0 fully saturated rings. The molecular weight excluding hydrogens is 351 g/mol. The van der Waals surface area contributed by atoms with Gasteiger partial charge in [0.15, 0.2) is 0 Å². The molecule has 2 aromatic carbocycles. The van der Waals surface area contributed by atoms with Crippen molar-refractivity contribution in [1.29, 1.82) is 0 Å². The van der Waals surface area contributed by atoms with Crippen LogP contribution in [0.5, 0.6) is 5.75 Å². The zero-order chi connectivity index (χ0) is 19.3. The maximum atomic E-state index is 14.8. The van der Waals surface area contributed by atoms with E-state index in [1.165, 1.54) is 0 Å². The molecule has 0 amide bonds. The van der Waals surface area contributed by atoms with Gasteiger partial charge in [-0.15, -0.1) is 0 Å². The van der Waals surface area contributed by atoms with Gasteiger partial charge in [-0.05, 0) is 65.9 Å². The lowest BCUT2D eigenvalue weighted by Gasteiger charge is -2.16. The van der Waals surface area contributed by atoms with E-state index in [0.717, 1.165) is 53.1 Å². The molecular formula is C24H21FN2O. The second-order valence-electron chi connectivity index (χ2n) is 6.71. The molecule has 1 aliphatic heterocycles. The predicted molar refractivity (Wildman–Crippen MR) is 111 cm³/mol. The van der Waals surface area contributed by atoms with Gasteiger partial charge in [0.1, 0.15) is 11.6 Å². The van der Waals surface area contributed by atoms with E-state index in [4.69, 9.17) is 4.74 Å². The van der Waals surface area contributed by atoms with Crippen molar-refractivity contribution in [3.05, 3.63) is 89.5 Å². The Hall–Kier alpha value is -3.27. The van der Waals surface area contributed by atoms with E-state index in [9.17, 15) is 4.39 Å². The zero-order valence-electron chi connectivity index (χ0n) is 15.7. The normalized spacial score (nSPS) is 15.4. The molecule has 0 unspecified atom stereocenters. The van der Waals surface area contributed by atoms with Crippen molar-refractivity contribution in [2.75, 3.05) is 13.7 Å². The van der Waals surface area contributed by atoms with E-state index >= 15 is 0 Å². The number of methoxy groups -OCH3 is 1. The van der Waals surface area contributed by atoms with Crippen LogP contribution in [0.15, 0.2) is 77.6 Å². The number of rotatable bonds is 4. The largest absolute Gasteiger partial charge is 0.497 e. The van der Waals surface area contributed by atoms with Crippen LogP contribution in [0.1, 0.15) is 24.0 Å². The fourth-order valence-corrected chi connectivity index (χ4v) is 3.40. The number of hydrogen-bond donors (Lipinski definition) is 0. The fraction of sp³-hybridized carbons (Fsp3) is 0.167. The third-order valence-electron chi connectivity index (χ3n) is 4.87. The molecule has 0 spiro atoms. The quantitative estimate of drug-likeness (QED) is 0.601. The summed E-state index contributed by atoms with van der Waals surface area (Å²) in [6.07, 6.45) is 7.32. The van der Waals surface area contributed by atoms with Crippen LogP contribution >= 0.6 is 0 Å². The highest BCUT2D eigenvalue weighted by atomic mass is 19.1. The molecule has 0 N–H and O–H groups in total. The highest BCUT2D eigenvalue weighted by Gasteiger charge is 2.15. The van der Waals surface area contributed by atoms with E-state index < -0.39 is 0 Å². The van der Waals surface area contributed by atoms with Crippen LogP contribution in [0.25, 0.3) is 17.2 Å². The molecule has 0 bridgehead atoms. The lowest BCUT2D eigenvalue weighted by Crippen LogP contribution is -2.12. The first-order valence-electron chi connectivity index (χ1n) is 9.34. The summed E-state index contributed by atoms with van der Waals surface area (Å²) < 4.78 is 20.0. The summed E-state index contributed by atoms with van der Waals surface area (Å²) in [4.78, 5) is 8.85.